The van der Waals surface area contributed by atoms with E-state index >= 15 is 0 Å². The number of anilines is 1. The first kappa shape index (κ1) is 17.1. The molecule has 27 heavy (non-hydrogen) atoms. The number of carbonyl (C=O) groups excluding carboxylic acids is 2. The van der Waals surface area contributed by atoms with Crippen LogP contribution in [0.4, 0.5) is 5.69 Å². The molecule has 4 rings (SSSR count). The number of hydrogen-bond donors (Lipinski definition) is 1. The molecule has 0 radical (unpaired) electrons. The van der Waals surface area contributed by atoms with Gasteiger partial charge in [0.2, 0.25) is 5.91 Å². The second-order valence-electron chi connectivity index (χ2n) is 6.85. The number of aromatic nitrogens is 1. The van der Waals surface area contributed by atoms with Crippen molar-refractivity contribution in [2.75, 3.05) is 25.5 Å². The zero-order valence-corrected chi connectivity index (χ0v) is 15.3. The number of H-pyrrole nitrogens is 1. The predicted molar refractivity (Wildman–Crippen MR) is 104 cm³/mol. The Kier molecular flexibility index (Phi) is 4.32. The average molecular weight is 363 g/mol. The van der Waals surface area contributed by atoms with Crippen molar-refractivity contribution >= 4 is 28.4 Å². The van der Waals surface area contributed by atoms with E-state index in [2.05, 4.69) is 4.98 Å². The van der Waals surface area contributed by atoms with Gasteiger partial charge < -0.3 is 19.5 Å². The van der Waals surface area contributed by atoms with Crippen molar-refractivity contribution < 1.29 is 14.3 Å². The number of rotatable bonds is 3. The topological polar surface area (TPSA) is 65.6 Å². The molecule has 138 valence electrons. The van der Waals surface area contributed by atoms with Gasteiger partial charge in [0.05, 0.1) is 18.7 Å². The molecule has 0 bridgehead atoms. The van der Waals surface area contributed by atoms with Gasteiger partial charge in [-0.2, -0.15) is 0 Å². The highest BCUT2D eigenvalue weighted by molar-refractivity contribution is 6.00. The zero-order chi connectivity index (χ0) is 19.0. The molecule has 0 spiro atoms. The van der Waals surface area contributed by atoms with Crippen LogP contribution in [0.2, 0.25) is 0 Å². The van der Waals surface area contributed by atoms with Crippen molar-refractivity contribution in [3.8, 4) is 5.75 Å². The Bertz CT molecular complexity index is 1010. The number of carbonyl (C=O) groups is 2. The minimum Gasteiger partial charge on any atom is -0.476 e. The van der Waals surface area contributed by atoms with Gasteiger partial charge in [-0.05, 0) is 23.8 Å². The Labute approximate surface area is 157 Å². The summed E-state index contributed by atoms with van der Waals surface area (Å²) in [6, 6.07) is 15.2. The predicted octanol–water partition coefficient (Wildman–Crippen LogP) is 2.59. The van der Waals surface area contributed by atoms with Crippen molar-refractivity contribution in [2.24, 2.45) is 0 Å². The molecule has 0 aliphatic carbocycles. The lowest BCUT2D eigenvalue weighted by Gasteiger charge is -2.35. The fourth-order valence-corrected chi connectivity index (χ4v) is 3.42. The number of nitrogens with one attached hydrogen (secondary N) is 1. The molecule has 0 fully saturated rings. The van der Waals surface area contributed by atoms with E-state index in [4.69, 9.17) is 4.74 Å². The first-order chi connectivity index (χ1) is 13.0. The molecule has 0 unspecified atom stereocenters. The first-order valence-corrected chi connectivity index (χ1v) is 8.87. The van der Waals surface area contributed by atoms with Crippen LogP contribution in [0.3, 0.4) is 0 Å². The third-order valence-electron chi connectivity index (χ3n) is 4.81. The Morgan fingerprint density at radius 1 is 1.15 bits per heavy atom. The maximum Gasteiger partial charge on any atom is 0.265 e. The quantitative estimate of drug-likeness (QED) is 0.778. The number of nitrogens with zero attached hydrogens (tertiary/aromatic N) is 2. The highest BCUT2D eigenvalue weighted by Gasteiger charge is 2.34. The maximum atomic E-state index is 13.1. The van der Waals surface area contributed by atoms with Crippen LogP contribution in [0, 0.1) is 0 Å². The summed E-state index contributed by atoms with van der Waals surface area (Å²) in [6.45, 7) is 0.204. The zero-order valence-electron chi connectivity index (χ0n) is 15.3. The Hall–Kier alpha value is -3.28. The van der Waals surface area contributed by atoms with Gasteiger partial charge in [0.1, 0.15) is 5.75 Å². The normalized spacial score (nSPS) is 15.9. The molecule has 1 atom stereocenters. The fourth-order valence-electron chi connectivity index (χ4n) is 3.42. The summed E-state index contributed by atoms with van der Waals surface area (Å²) in [7, 11) is 3.37. The summed E-state index contributed by atoms with van der Waals surface area (Å²) in [5.41, 5.74) is 2.64. The van der Waals surface area contributed by atoms with E-state index in [1.165, 1.54) is 4.90 Å². The second kappa shape index (κ2) is 6.79. The highest BCUT2D eigenvalue weighted by Crippen LogP contribution is 2.34. The molecule has 1 aromatic heterocycles. The first-order valence-electron chi connectivity index (χ1n) is 8.87. The van der Waals surface area contributed by atoms with Gasteiger partial charge in [-0.1, -0.05) is 30.3 Å². The minimum absolute atomic E-state index is 0.0629. The van der Waals surface area contributed by atoms with E-state index in [0.29, 0.717) is 11.4 Å². The van der Waals surface area contributed by atoms with Gasteiger partial charge in [0.25, 0.3) is 5.91 Å². The molecule has 1 aliphatic heterocycles. The molecule has 0 saturated heterocycles. The van der Waals surface area contributed by atoms with Crippen LogP contribution in [-0.4, -0.2) is 48.4 Å². The van der Waals surface area contributed by atoms with E-state index < -0.39 is 6.10 Å². The maximum absolute atomic E-state index is 13.1. The van der Waals surface area contributed by atoms with Crippen LogP contribution in [0.1, 0.15) is 5.56 Å². The standard InChI is InChI=1S/C21H21N3O3/c1-23(2)21(26)19-13-24(17-9-5-6-10-18(17)27-19)20(25)11-14-12-22-16-8-4-3-7-15(14)16/h3-10,12,19,22H,11,13H2,1-2H3/t19-/m0/s1. The van der Waals surface area contributed by atoms with E-state index in [-0.39, 0.29) is 24.8 Å². The van der Waals surface area contributed by atoms with Gasteiger partial charge in [-0.15, -0.1) is 0 Å². The molecule has 6 heteroatoms. The van der Waals surface area contributed by atoms with Gasteiger partial charge >= 0.3 is 0 Å². The van der Waals surface area contributed by atoms with Crippen molar-refractivity contribution in [1.82, 2.24) is 9.88 Å². The van der Waals surface area contributed by atoms with Crippen LogP contribution in [0.5, 0.6) is 5.75 Å². The van der Waals surface area contributed by atoms with Crippen LogP contribution < -0.4 is 9.64 Å². The van der Waals surface area contributed by atoms with E-state index in [1.54, 1.807) is 25.1 Å². The number of amides is 2. The van der Waals surface area contributed by atoms with Gasteiger partial charge in [0, 0.05) is 31.2 Å². The number of aromatic amines is 1. The number of hydrogen-bond acceptors (Lipinski definition) is 3. The van der Waals surface area contributed by atoms with Crippen LogP contribution in [-0.2, 0) is 16.0 Å². The molecule has 6 nitrogen and oxygen atoms in total. The van der Waals surface area contributed by atoms with E-state index in [9.17, 15) is 9.59 Å². The molecule has 2 heterocycles. The van der Waals surface area contributed by atoms with Gasteiger partial charge in [-0.3, -0.25) is 9.59 Å². The molecule has 1 N–H and O–H groups in total. The third-order valence-corrected chi connectivity index (χ3v) is 4.81. The summed E-state index contributed by atoms with van der Waals surface area (Å²) in [4.78, 5) is 31.9. The Morgan fingerprint density at radius 3 is 2.70 bits per heavy atom. The minimum atomic E-state index is -0.707. The second-order valence-corrected chi connectivity index (χ2v) is 6.85. The Balaban J connectivity index is 1.64. The van der Waals surface area contributed by atoms with Crippen molar-refractivity contribution in [2.45, 2.75) is 12.5 Å². The van der Waals surface area contributed by atoms with Crippen molar-refractivity contribution in [1.29, 1.82) is 0 Å². The molecule has 1 aliphatic rings. The van der Waals surface area contributed by atoms with Crippen molar-refractivity contribution in [3.63, 3.8) is 0 Å². The van der Waals surface area contributed by atoms with Crippen molar-refractivity contribution in [3.05, 3.63) is 60.3 Å². The SMILES string of the molecule is CN(C)C(=O)[C@@H]1CN(C(=O)Cc2c[nH]c3ccccc23)c2ccccc2O1. The molecular formula is C21H21N3O3. The Morgan fingerprint density at radius 2 is 1.89 bits per heavy atom. The number of para-hydroxylation sites is 3. The van der Waals surface area contributed by atoms with Gasteiger partial charge in [-0.25, -0.2) is 0 Å². The largest absolute Gasteiger partial charge is 0.476 e. The molecular weight excluding hydrogens is 342 g/mol. The summed E-state index contributed by atoms with van der Waals surface area (Å²) >= 11 is 0. The van der Waals surface area contributed by atoms with Crippen LogP contribution in [0.15, 0.2) is 54.7 Å². The van der Waals surface area contributed by atoms with Crippen LogP contribution >= 0.6 is 0 Å². The van der Waals surface area contributed by atoms with Crippen LogP contribution in [0.25, 0.3) is 10.9 Å². The molecule has 2 aromatic carbocycles. The smallest absolute Gasteiger partial charge is 0.265 e. The number of benzene rings is 2. The summed E-state index contributed by atoms with van der Waals surface area (Å²) in [5.74, 6) is 0.331. The van der Waals surface area contributed by atoms with E-state index in [1.807, 2.05) is 48.7 Å². The average Bonchev–Trinajstić information content (AvgIpc) is 3.09. The fraction of sp³-hybridized carbons (Fsp3) is 0.238. The van der Waals surface area contributed by atoms with Gasteiger partial charge in [0.15, 0.2) is 6.10 Å². The monoisotopic (exact) mass is 363 g/mol. The summed E-state index contributed by atoms with van der Waals surface area (Å²) < 4.78 is 5.85. The molecule has 2 amide bonds. The van der Waals surface area contributed by atoms with E-state index in [0.717, 1.165) is 16.5 Å². The number of likely N-dealkylation sites (N-methyl/N-ethyl adjacent to an activating group) is 1. The number of ether oxygens (including phenoxy) is 1. The summed E-state index contributed by atoms with van der Waals surface area (Å²) in [6.07, 6.45) is 1.42. The lowest BCUT2D eigenvalue weighted by Crippen LogP contribution is -2.50. The highest BCUT2D eigenvalue weighted by atomic mass is 16.5. The summed E-state index contributed by atoms with van der Waals surface area (Å²) in [5, 5.41) is 1.04. The molecule has 0 saturated carbocycles. The number of fused-ring (bicyclic) bond motifs is 2. The lowest BCUT2D eigenvalue weighted by atomic mass is 10.1. The third kappa shape index (κ3) is 3.14. The molecule has 3 aromatic rings. The lowest BCUT2D eigenvalue weighted by molar-refractivity contribution is -0.136.